The van der Waals surface area contributed by atoms with E-state index in [-0.39, 0.29) is 11.9 Å². The average molecular weight is 131 g/mol. The van der Waals surface area contributed by atoms with Crippen molar-refractivity contribution in [1.29, 1.82) is 0 Å². The zero-order valence-corrected chi connectivity index (χ0v) is 5.89. The van der Waals surface area contributed by atoms with Gasteiger partial charge in [-0.1, -0.05) is 6.92 Å². The second-order valence-corrected chi connectivity index (χ2v) is 1.89. The van der Waals surface area contributed by atoms with Gasteiger partial charge in [0, 0.05) is 6.54 Å². The molecule has 3 nitrogen and oxygen atoms in total. The molecule has 0 fully saturated rings. The molecule has 0 saturated heterocycles. The van der Waals surface area contributed by atoms with Gasteiger partial charge in [0.1, 0.15) is 0 Å². The maximum Gasteiger partial charge on any atom is 0.309 e. The molecule has 0 aromatic rings. The molecule has 2 N–H and O–H groups in total. The van der Waals surface area contributed by atoms with E-state index in [2.05, 4.69) is 4.74 Å². The predicted octanol–water partition coefficient (Wildman–Crippen LogP) is 0.144. The number of carbonyl (C=O) groups is 1. The molecule has 0 aromatic carbocycles. The Kier molecular flexibility index (Phi) is 4.05. The zero-order chi connectivity index (χ0) is 7.28. The summed E-state index contributed by atoms with van der Waals surface area (Å²) >= 11 is 0. The van der Waals surface area contributed by atoms with E-state index in [1.54, 1.807) is 13.8 Å². The van der Waals surface area contributed by atoms with Crippen molar-refractivity contribution in [3.05, 3.63) is 0 Å². The molecule has 0 aromatic heterocycles. The predicted molar refractivity (Wildman–Crippen MR) is 34.9 cm³/mol. The van der Waals surface area contributed by atoms with E-state index >= 15 is 0 Å². The van der Waals surface area contributed by atoms with Crippen molar-refractivity contribution in [3.8, 4) is 0 Å². The number of ether oxygens (including phenoxy) is 1. The van der Waals surface area contributed by atoms with Gasteiger partial charge in [0.15, 0.2) is 0 Å². The van der Waals surface area contributed by atoms with Gasteiger partial charge in [-0.2, -0.15) is 0 Å². The molecule has 0 unspecified atom stereocenters. The highest BCUT2D eigenvalue weighted by Gasteiger charge is 2.09. The van der Waals surface area contributed by atoms with Gasteiger partial charge >= 0.3 is 5.97 Å². The summed E-state index contributed by atoms with van der Waals surface area (Å²) in [6.07, 6.45) is 0. The minimum absolute atomic E-state index is 0.162. The highest BCUT2D eigenvalue weighted by molar-refractivity contribution is 5.72. The zero-order valence-electron chi connectivity index (χ0n) is 5.89. The van der Waals surface area contributed by atoms with E-state index in [1.807, 2.05) is 0 Å². The van der Waals surface area contributed by atoms with E-state index in [4.69, 9.17) is 5.73 Å². The van der Waals surface area contributed by atoms with Crippen LogP contribution < -0.4 is 5.73 Å². The van der Waals surface area contributed by atoms with Crippen molar-refractivity contribution in [3.63, 3.8) is 0 Å². The number of carbonyl (C=O) groups excluding carboxylic acids is 1. The quantitative estimate of drug-likeness (QED) is 0.554. The molecule has 0 spiro atoms. The number of hydrogen-bond donors (Lipinski definition) is 1. The van der Waals surface area contributed by atoms with Crippen molar-refractivity contribution in [1.82, 2.24) is 0 Å². The number of hydrogen-bond acceptors (Lipinski definition) is 3. The minimum Gasteiger partial charge on any atom is -0.466 e. The first-order valence-electron chi connectivity index (χ1n) is 3.09. The molecule has 0 aliphatic heterocycles. The Morgan fingerprint density at radius 3 is 2.67 bits per heavy atom. The van der Waals surface area contributed by atoms with Gasteiger partial charge in [0.2, 0.25) is 0 Å². The van der Waals surface area contributed by atoms with Crippen LogP contribution in [0, 0.1) is 5.92 Å². The van der Waals surface area contributed by atoms with Gasteiger partial charge in [0.05, 0.1) is 12.5 Å². The standard InChI is InChI=1S/C6H13NO2/c1-3-9-6(8)5(2)4-7/h5H,3-4,7H2,1-2H3/t5-/m1/s1. The third kappa shape index (κ3) is 3.08. The van der Waals surface area contributed by atoms with Crippen LogP contribution in [-0.4, -0.2) is 19.1 Å². The molecule has 0 amide bonds. The third-order valence-corrected chi connectivity index (χ3v) is 1.04. The molecule has 0 aliphatic rings. The summed E-state index contributed by atoms with van der Waals surface area (Å²) in [6, 6.07) is 0. The Labute approximate surface area is 55.2 Å². The highest BCUT2D eigenvalue weighted by atomic mass is 16.5. The van der Waals surface area contributed by atoms with Crippen molar-refractivity contribution in [2.24, 2.45) is 11.7 Å². The maximum atomic E-state index is 10.7. The minimum atomic E-state index is -0.208. The Morgan fingerprint density at radius 2 is 2.33 bits per heavy atom. The van der Waals surface area contributed by atoms with Crippen LogP contribution in [-0.2, 0) is 9.53 Å². The van der Waals surface area contributed by atoms with Crippen LogP contribution in [0.2, 0.25) is 0 Å². The van der Waals surface area contributed by atoms with Crippen LogP contribution in [0.5, 0.6) is 0 Å². The average Bonchev–Trinajstić information content (AvgIpc) is 1.87. The Bertz CT molecular complexity index is 93.1. The van der Waals surface area contributed by atoms with E-state index in [9.17, 15) is 4.79 Å². The highest BCUT2D eigenvalue weighted by Crippen LogP contribution is 1.93. The van der Waals surface area contributed by atoms with Crippen LogP contribution in [0.3, 0.4) is 0 Å². The molecule has 0 bridgehead atoms. The van der Waals surface area contributed by atoms with Gasteiger partial charge in [-0.15, -0.1) is 0 Å². The number of rotatable bonds is 3. The molecule has 54 valence electrons. The maximum absolute atomic E-state index is 10.7. The van der Waals surface area contributed by atoms with Crippen molar-refractivity contribution in [2.75, 3.05) is 13.2 Å². The number of nitrogens with two attached hydrogens (primary N) is 1. The summed E-state index contributed by atoms with van der Waals surface area (Å²) in [4.78, 5) is 10.7. The van der Waals surface area contributed by atoms with Crippen LogP contribution in [0.15, 0.2) is 0 Å². The lowest BCUT2D eigenvalue weighted by Gasteiger charge is -2.05. The van der Waals surface area contributed by atoms with E-state index in [1.165, 1.54) is 0 Å². The summed E-state index contributed by atoms with van der Waals surface area (Å²) in [5.41, 5.74) is 5.20. The monoisotopic (exact) mass is 131 g/mol. The smallest absolute Gasteiger partial charge is 0.309 e. The fraction of sp³-hybridized carbons (Fsp3) is 0.833. The molecule has 0 aliphatic carbocycles. The summed E-state index contributed by atoms with van der Waals surface area (Å²) < 4.78 is 4.68. The molecule has 0 radical (unpaired) electrons. The van der Waals surface area contributed by atoms with Crippen molar-refractivity contribution < 1.29 is 9.53 Å². The molecule has 9 heavy (non-hydrogen) atoms. The molecule has 3 heteroatoms. The topological polar surface area (TPSA) is 52.3 Å². The third-order valence-electron chi connectivity index (χ3n) is 1.04. The summed E-state index contributed by atoms with van der Waals surface area (Å²) in [5, 5.41) is 0. The Balaban J connectivity index is 3.46. The van der Waals surface area contributed by atoms with Gasteiger partial charge in [0.25, 0.3) is 0 Å². The fourth-order valence-corrected chi connectivity index (χ4v) is 0.381. The van der Waals surface area contributed by atoms with Crippen molar-refractivity contribution >= 4 is 5.97 Å². The second kappa shape index (κ2) is 4.32. The summed E-state index contributed by atoms with van der Waals surface area (Å²) in [6.45, 7) is 4.32. The van der Waals surface area contributed by atoms with Crippen LogP contribution in [0.4, 0.5) is 0 Å². The lowest BCUT2D eigenvalue weighted by Crippen LogP contribution is -2.22. The molecule has 1 atom stereocenters. The fourth-order valence-electron chi connectivity index (χ4n) is 0.381. The Hall–Kier alpha value is -0.570. The van der Waals surface area contributed by atoms with Gasteiger partial charge in [-0.25, -0.2) is 0 Å². The lowest BCUT2D eigenvalue weighted by atomic mass is 10.2. The lowest BCUT2D eigenvalue weighted by molar-refractivity contribution is -0.146. The van der Waals surface area contributed by atoms with Crippen LogP contribution >= 0.6 is 0 Å². The number of esters is 1. The largest absolute Gasteiger partial charge is 0.466 e. The summed E-state index contributed by atoms with van der Waals surface area (Å²) in [7, 11) is 0. The normalized spacial score (nSPS) is 12.8. The van der Waals surface area contributed by atoms with Gasteiger partial charge in [-0.3, -0.25) is 4.79 Å². The molecule has 0 saturated carbocycles. The SMILES string of the molecule is CCOC(=O)[C@H](C)CN. The Morgan fingerprint density at radius 1 is 1.78 bits per heavy atom. The molecule has 0 heterocycles. The first kappa shape index (κ1) is 8.43. The van der Waals surface area contributed by atoms with E-state index in [0.29, 0.717) is 13.2 Å². The van der Waals surface area contributed by atoms with Crippen LogP contribution in [0.1, 0.15) is 13.8 Å². The molecular weight excluding hydrogens is 118 g/mol. The summed E-state index contributed by atoms with van der Waals surface area (Å²) in [5.74, 6) is -0.370. The van der Waals surface area contributed by atoms with E-state index in [0.717, 1.165) is 0 Å². The molecular formula is C6H13NO2. The first-order chi connectivity index (χ1) is 4.22. The van der Waals surface area contributed by atoms with Crippen LogP contribution in [0.25, 0.3) is 0 Å². The van der Waals surface area contributed by atoms with Gasteiger partial charge in [-0.05, 0) is 6.92 Å². The van der Waals surface area contributed by atoms with E-state index < -0.39 is 0 Å². The van der Waals surface area contributed by atoms with Gasteiger partial charge < -0.3 is 10.5 Å². The van der Waals surface area contributed by atoms with Crippen molar-refractivity contribution in [2.45, 2.75) is 13.8 Å². The second-order valence-electron chi connectivity index (χ2n) is 1.89. The molecule has 0 rings (SSSR count). The first-order valence-corrected chi connectivity index (χ1v) is 3.09.